The second-order valence-electron chi connectivity index (χ2n) is 9.93. The third kappa shape index (κ3) is 7.07. The summed E-state index contributed by atoms with van der Waals surface area (Å²) in [6, 6.07) is 7.92. The highest BCUT2D eigenvalue weighted by Gasteiger charge is 2.28. The van der Waals surface area contributed by atoms with Crippen molar-refractivity contribution in [1.82, 2.24) is 20.2 Å². The van der Waals surface area contributed by atoms with Crippen molar-refractivity contribution in [3.05, 3.63) is 36.0 Å². The molecule has 3 fully saturated rings. The number of carbonyl (C=O) groups excluding carboxylic acids is 1. The first-order valence-corrected chi connectivity index (χ1v) is 13.4. The molecule has 0 radical (unpaired) electrons. The zero-order valence-electron chi connectivity index (χ0n) is 21.0. The zero-order valence-corrected chi connectivity index (χ0v) is 21.0. The molecule has 9 nitrogen and oxygen atoms in total. The van der Waals surface area contributed by atoms with E-state index in [1.54, 1.807) is 0 Å². The van der Waals surface area contributed by atoms with Crippen molar-refractivity contribution in [2.24, 2.45) is 5.92 Å². The minimum absolute atomic E-state index is 0.209. The lowest BCUT2D eigenvalue weighted by atomic mass is 9.85. The van der Waals surface area contributed by atoms with Crippen molar-refractivity contribution in [1.29, 1.82) is 0 Å². The Morgan fingerprint density at radius 1 is 1.14 bits per heavy atom. The Morgan fingerprint density at radius 2 is 2.00 bits per heavy atom. The molecule has 0 atom stereocenters. The third-order valence-corrected chi connectivity index (χ3v) is 7.13. The Labute approximate surface area is 213 Å². The van der Waals surface area contributed by atoms with Crippen molar-refractivity contribution in [3.8, 4) is 5.75 Å². The molecule has 1 aliphatic heterocycles. The van der Waals surface area contributed by atoms with Gasteiger partial charge in [0.05, 0.1) is 13.2 Å². The van der Waals surface area contributed by atoms with Crippen LogP contribution in [0.2, 0.25) is 0 Å². The number of carbonyl (C=O) groups is 1. The van der Waals surface area contributed by atoms with E-state index in [1.807, 2.05) is 30.5 Å². The van der Waals surface area contributed by atoms with Crippen LogP contribution in [-0.4, -0.2) is 73.3 Å². The van der Waals surface area contributed by atoms with Crippen LogP contribution in [0, 0.1) is 5.92 Å². The van der Waals surface area contributed by atoms with Gasteiger partial charge in [0, 0.05) is 62.2 Å². The lowest BCUT2D eigenvalue weighted by molar-refractivity contribution is -0.127. The van der Waals surface area contributed by atoms with Crippen LogP contribution in [-0.2, 0) is 9.53 Å². The number of hydrogen-bond acceptors (Lipinski definition) is 8. The van der Waals surface area contributed by atoms with Crippen molar-refractivity contribution in [2.75, 3.05) is 63.2 Å². The Morgan fingerprint density at radius 3 is 2.78 bits per heavy atom. The van der Waals surface area contributed by atoms with Crippen LogP contribution >= 0.6 is 0 Å². The van der Waals surface area contributed by atoms with E-state index < -0.39 is 0 Å². The highest BCUT2D eigenvalue weighted by atomic mass is 16.5. The van der Waals surface area contributed by atoms with Crippen molar-refractivity contribution < 1.29 is 14.3 Å². The Kier molecular flexibility index (Phi) is 8.51. The fraction of sp³-hybridized carbons (Fsp3) is 0.593. The number of nitrogens with zero attached hydrogens (tertiary/aromatic N) is 3. The molecule has 0 unspecified atom stereocenters. The van der Waals surface area contributed by atoms with E-state index in [0.717, 1.165) is 75.9 Å². The van der Waals surface area contributed by atoms with Crippen molar-refractivity contribution in [3.63, 3.8) is 0 Å². The molecule has 2 aliphatic carbocycles. The number of benzene rings is 1. The van der Waals surface area contributed by atoms with Crippen LogP contribution in [0.4, 0.5) is 17.5 Å². The third-order valence-electron chi connectivity index (χ3n) is 7.13. The van der Waals surface area contributed by atoms with E-state index in [-0.39, 0.29) is 11.8 Å². The smallest absolute Gasteiger partial charge is 0.229 e. The average Bonchev–Trinajstić information content (AvgIpc) is 3.69. The van der Waals surface area contributed by atoms with Crippen LogP contribution in [0.15, 0.2) is 30.5 Å². The van der Waals surface area contributed by atoms with Gasteiger partial charge in [-0.25, -0.2) is 4.98 Å². The van der Waals surface area contributed by atoms with Gasteiger partial charge in [-0.15, -0.1) is 0 Å². The van der Waals surface area contributed by atoms with Gasteiger partial charge in [-0.1, -0.05) is 12.5 Å². The van der Waals surface area contributed by atoms with Gasteiger partial charge in [0.1, 0.15) is 18.2 Å². The van der Waals surface area contributed by atoms with E-state index in [9.17, 15) is 4.79 Å². The van der Waals surface area contributed by atoms with E-state index in [0.29, 0.717) is 25.0 Å². The number of morpholine rings is 1. The van der Waals surface area contributed by atoms with Crippen LogP contribution in [0.5, 0.6) is 5.75 Å². The van der Waals surface area contributed by atoms with Gasteiger partial charge in [-0.3, -0.25) is 9.69 Å². The van der Waals surface area contributed by atoms with Crippen LogP contribution in [0.1, 0.15) is 50.0 Å². The fourth-order valence-electron chi connectivity index (χ4n) is 4.52. The molecule has 2 heterocycles. The minimum Gasteiger partial charge on any atom is -0.492 e. The van der Waals surface area contributed by atoms with Gasteiger partial charge in [-0.05, 0) is 50.2 Å². The van der Waals surface area contributed by atoms with E-state index >= 15 is 0 Å². The summed E-state index contributed by atoms with van der Waals surface area (Å²) < 4.78 is 11.4. The molecular weight excluding hydrogens is 456 g/mol. The number of ether oxygens (including phenoxy) is 2. The first-order valence-electron chi connectivity index (χ1n) is 13.4. The average molecular weight is 495 g/mol. The minimum atomic E-state index is 0.209. The van der Waals surface area contributed by atoms with Gasteiger partial charge < -0.3 is 25.4 Å². The lowest BCUT2D eigenvalue weighted by Crippen LogP contribution is -2.38. The van der Waals surface area contributed by atoms with Crippen LogP contribution in [0.25, 0.3) is 0 Å². The van der Waals surface area contributed by atoms with Crippen LogP contribution in [0.3, 0.4) is 0 Å². The van der Waals surface area contributed by atoms with Crippen LogP contribution < -0.4 is 20.7 Å². The number of hydrogen-bond donors (Lipinski definition) is 3. The summed E-state index contributed by atoms with van der Waals surface area (Å²) in [5, 5.41) is 9.87. The molecule has 9 heteroatoms. The first-order chi connectivity index (χ1) is 17.7. The Bertz CT molecular complexity index is 1000. The summed E-state index contributed by atoms with van der Waals surface area (Å²) >= 11 is 0. The maximum Gasteiger partial charge on any atom is 0.229 e. The Hall–Kier alpha value is -2.91. The topological polar surface area (TPSA) is 101 Å². The summed E-state index contributed by atoms with van der Waals surface area (Å²) in [5.41, 5.74) is 2.07. The Balaban J connectivity index is 1.11. The van der Waals surface area contributed by atoms with E-state index in [1.165, 1.54) is 24.8 Å². The van der Waals surface area contributed by atoms with Gasteiger partial charge >= 0.3 is 0 Å². The molecule has 36 heavy (non-hydrogen) atoms. The molecule has 2 saturated carbocycles. The molecule has 1 aromatic heterocycles. The molecule has 1 saturated heterocycles. The molecule has 5 rings (SSSR count). The second kappa shape index (κ2) is 12.4. The monoisotopic (exact) mass is 494 g/mol. The van der Waals surface area contributed by atoms with Gasteiger partial charge in [0.25, 0.3) is 0 Å². The van der Waals surface area contributed by atoms with Gasteiger partial charge in [0.15, 0.2) is 0 Å². The summed E-state index contributed by atoms with van der Waals surface area (Å²) in [4.78, 5) is 23.7. The summed E-state index contributed by atoms with van der Waals surface area (Å²) in [5.74, 6) is 3.27. The highest BCUT2D eigenvalue weighted by Crippen LogP contribution is 2.42. The molecule has 3 aliphatic rings. The molecule has 194 valence electrons. The molecule has 1 aromatic carbocycles. The largest absolute Gasteiger partial charge is 0.492 e. The van der Waals surface area contributed by atoms with E-state index in [2.05, 4.69) is 25.8 Å². The van der Waals surface area contributed by atoms with Gasteiger partial charge in [0.2, 0.25) is 11.9 Å². The number of nitrogens with one attached hydrogen (secondary N) is 3. The normalized spacial score (nSPS) is 18.3. The van der Waals surface area contributed by atoms with Gasteiger partial charge in [-0.2, -0.15) is 4.98 Å². The SMILES string of the molecule is O=C(NCCCNc1nc(Nc2cccc(OCCN3CCOCC3)c2)ncc1C1CC1)C1CCC1. The quantitative estimate of drug-likeness (QED) is 0.364. The summed E-state index contributed by atoms with van der Waals surface area (Å²) in [6.45, 7) is 6.51. The number of anilines is 3. The second-order valence-corrected chi connectivity index (χ2v) is 9.93. The predicted molar refractivity (Wildman–Crippen MR) is 140 cm³/mol. The lowest BCUT2D eigenvalue weighted by Gasteiger charge is -2.26. The maximum absolute atomic E-state index is 12.0. The summed E-state index contributed by atoms with van der Waals surface area (Å²) in [6.07, 6.45) is 8.43. The zero-order chi connectivity index (χ0) is 24.6. The van der Waals surface area contributed by atoms with E-state index in [4.69, 9.17) is 14.5 Å². The standard InChI is InChI=1S/C27H38N6O3/c34-26(21-4-1-5-21)29-11-3-10-28-25-24(20-8-9-20)19-30-27(32-25)31-22-6-2-7-23(18-22)36-17-14-33-12-15-35-16-13-33/h2,6-7,18-21H,1,3-5,8-17H2,(H,29,34)(H2,28,30,31,32). The molecular formula is C27H38N6O3. The number of aromatic nitrogens is 2. The van der Waals surface area contributed by atoms with Crippen molar-refractivity contribution >= 4 is 23.4 Å². The maximum atomic E-state index is 12.0. The molecule has 3 N–H and O–H groups in total. The number of rotatable bonds is 13. The van der Waals surface area contributed by atoms with Crippen molar-refractivity contribution in [2.45, 2.75) is 44.4 Å². The molecule has 0 spiro atoms. The highest BCUT2D eigenvalue weighted by molar-refractivity contribution is 5.79. The number of amides is 1. The molecule has 2 aromatic rings. The summed E-state index contributed by atoms with van der Waals surface area (Å²) in [7, 11) is 0. The fourth-order valence-corrected chi connectivity index (χ4v) is 4.52. The molecule has 1 amide bonds. The first kappa shape index (κ1) is 24.8. The molecule has 0 bridgehead atoms. The predicted octanol–water partition coefficient (Wildman–Crippen LogP) is 3.53.